The molecule has 2 rings (SSSR count). The lowest BCUT2D eigenvalue weighted by Crippen LogP contribution is -2.38. The number of amides is 2. The first-order chi connectivity index (χ1) is 14.9. The normalized spacial score (nSPS) is 10.7. The molecule has 2 amide bonds. The molecular weight excluding hydrogens is 541 g/mol. The number of aliphatic imine (C=N–C) groups is 1. The van der Waals surface area contributed by atoms with Gasteiger partial charge in [0, 0.05) is 32.1 Å². The van der Waals surface area contributed by atoms with Crippen LogP contribution in [0, 0.1) is 6.92 Å². The van der Waals surface area contributed by atoms with Gasteiger partial charge in [-0.2, -0.15) is 0 Å². The predicted molar refractivity (Wildman–Crippen MR) is 142 cm³/mol. The summed E-state index contributed by atoms with van der Waals surface area (Å²) in [5.74, 6) is 0.400. The maximum absolute atomic E-state index is 12.2. The molecule has 2 aromatic carbocycles. The summed E-state index contributed by atoms with van der Waals surface area (Å²) in [7, 11) is 1.62. The van der Waals surface area contributed by atoms with E-state index in [-0.39, 0.29) is 42.2 Å². The number of anilines is 1. The second-order valence-electron chi connectivity index (χ2n) is 7.00. The third-order valence-electron chi connectivity index (χ3n) is 4.47. The summed E-state index contributed by atoms with van der Waals surface area (Å²) in [5, 5.41) is 12.4. The maximum Gasteiger partial charge on any atom is 0.251 e. The van der Waals surface area contributed by atoms with Crippen molar-refractivity contribution in [1.29, 1.82) is 0 Å². The molecule has 0 saturated carbocycles. The van der Waals surface area contributed by atoms with Gasteiger partial charge in [0.2, 0.25) is 5.91 Å². The molecule has 4 N–H and O–H groups in total. The van der Waals surface area contributed by atoms with Crippen LogP contribution >= 0.6 is 35.6 Å². The van der Waals surface area contributed by atoms with Crippen LogP contribution in [0.3, 0.4) is 0 Å². The highest BCUT2D eigenvalue weighted by molar-refractivity contribution is 14.0. The lowest BCUT2D eigenvalue weighted by atomic mass is 10.1. The molecule has 0 aliphatic carbocycles. The number of carbonyl (C=O) groups is 2. The minimum atomic E-state index is -0.142. The average molecular weight is 572 g/mol. The van der Waals surface area contributed by atoms with Crippen LogP contribution in [-0.2, 0) is 11.2 Å². The van der Waals surface area contributed by atoms with Gasteiger partial charge in [-0.1, -0.05) is 29.8 Å². The van der Waals surface area contributed by atoms with Crippen molar-refractivity contribution in [2.45, 2.75) is 26.7 Å². The van der Waals surface area contributed by atoms with E-state index in [1.807, 2.05) is 44.2 Å². The van der Waals surface area contributed by atoms with Crippen molar-refractivity contribution in [3.05, 3.63) is 64.2 Å². The Morgan fingerprint density at radius 2 is 1.88 bits per heavy atom. The van der Waals surface area contributed by atoms with Crippen molar-refractivity contribution in [2.24, 2.45) is 4.99 Å². The van der Waals surface area contributed by atoms with Crippen LogP contribution in [0.15, 0.2) is 47.5 Å². The van der Waals surface area contributed by atoms with Gasteiger partial charge in [-0.15, -0.1) is 24.0 Å². The van der Waals surface area contributed by atoms with Crippen LogP contribution in [0.2, 0.25) is 5.02 Å². The topological polar surface area (TPSA) is 94.6 Å². The van der Waals surface area contributed by atoms with E-state index < -0.39 is 0 Å². The van der Waals surface area contributed by atoms with Crippen LogP contribution in [-0.4, -0.2) is 44.5 Å². The monoisotopic (exact) mass is 571 g/mol. The zero-order valence-electron chi connectivity index (χ0n) is 18.6. The van der Waals surface area contributed by atoms with E-state index in [4.69, 9.17) is 11.6 Å². The zero-order valence-corrected chi connectivity index (χ0v) is 21.7. The summed E-state index contributed by atoms with van der Waals surface area (Å²) in [6.45, 7) is 5.63. The Bertz CT molecular complexity index is 936. The number of guanidine groups is 1. The van der Waals surface area contributed by atoms with E-state index in [1.54, 1.807) is 19.2 Å². The van der Waals surface area contributed by atoms with Crippen molar-refractivity contribution in [3.63, 3.8) is 0 Å². The molecule has 7 nitrogen and oxygen atoms in total. The Hall–Kier alpha value is -2.33. The van der Waals surface area contributed by atoms with Gasteiger partial charge in [-0.05, 0) is 55.7 Å². The van der Waals surface area contributed by atoms with Gasteiger partial charge in [0.05, 0.1) is 17.3 Å². The molecule has 2 aromatic rings. The van der Waals surface area contributed by atoms with E-state index in [1.165, 1.54) is 0 Å². The summed E-state index contributed by atoms with van der Waals surface area (Å²) < 4.78 is 0. The molecule has 0 saturated heterocycles. The minimum Gasteiger partial charge on any atom is -0.357 e. The summed E-state index contributed by atoms with van der Waals surface area (Å²) in [6, 6.07) is 13.0. The second-order valence-corrected chi connectivity index (χ2v) is 7.41. The largest absolute Gasteiger partial charge is 0.357 e. The SMILES string of the molecule is CCNC(=NCCC(=O)Nc1ccc(C)cc1Cl)NCCc1cccc(C(=O)NC)c1.I. The average Bonchev–Trinajstić information content (AvgIpc) is 2.75. The third-order valence-corrected chi connectivity index (χ3v) is 4.79. The third kappa shape index (κ3) is 9.44. The first kappa shape index (κ1) is 27.7. The number of nitrogens with one attached hydrogen (secondary N) is 4. The molecule has 0 fully saturated rings. The van der Waals surface area contributed by atoms with E-state index in [0.717, 1.165) is 17.5 Å². The van der Waals surface area contributed by atoms with Crippen molar-refractivity contribution in [1.82, 2.24) is 16.0 Å². The highest BCUT2D eigenvalue weighted by Gasteiger charge is 2.07. The summed E-state index contributed by atoms with van der Waals surface area (Å²) in [4.78, 5) is 28.4. The Labute approximate surface area is 211 Å². The van der Waals surface area contributed by atoms with Crippen molar-refractivity contribution >= 4 is 59.0 Å². The van der Waals surface area contributed by atoms with Gasteiger partial charge in [-0.25, -0.2) is 0 Å². The van der Waals surface area contributed by atoms with Crippen molar-refractivity contribution < 1.29 is 9.59 Å². The quantitative estimate of drug-likeness (QED) is 0.210. The number of benzene rings is 2. The Morgan fingerprint density at radius 1 is 1.09 bits per heavy atom. The first-order valence-corrected chi connectivity index (χ1v) is 10.7. The van der Waals surface area contributed by atoms with Gasteiger partial charge >= 0.3 is 0 Å². The van der Waals surface area contributed by atoms with Gasteiger partial charge in [0.25, 0.3) is 5.91 Å². The lowest BCUT2D eigenvalue weighted by molar-refractivity contribution is -0.116. The van der Waals surface area contributed by atoms with E-state index in [2.05, 4.69) is 26.3 Å². The smallest absolute Gasteiger partial charge is 0.251 e. The molecule has 0 bridgehead atoms. The van der Waals surface area contributed by atoms with Gasteiger partial charge in [-0.3, -0.25) is 14.6 Å². The Kier molecular flexibility index (Phi) is 12.7. The fraction of sp³-hybridized carbons (Fsp3) is 0.348. The Balaban J connectivity index is 0.00000512. The van der Waals surface area contributed by atoms with Crippen LogP contribution < -0.4 is 21.3 Å². The Morgan fingerprint density at radius 3 is 2.56 bits per heavy atom. The molecule has 0 aromatic heterocycles. The molecule has 0 aliphatic heterocycles. The highest BCUT2D eigenvalue weighted by atomic mass is 127. The van der Waals surface area contributed by atoms with Crippen LogP contribution in [0.5, 0.6) is 0 Å². The van der Waals surface area contributed by atoms with E-state index in [9.17, 15) is 9.59 Å². The van der Waals surface area contributed by atoms with E-state index >= 15 is 0 Å². The number of hydrogen-bond acceptors (Lipinski definition) is 3. The van der Waals surface area contributed by atoms with Crippen molar-refractivity contribution in [2.75, 3.05) is 32.0 Å². The van der Waals surface area contributed by atoms with Gasteiger partial charge in [0.15, 0.2) is 5.96 Å². The van der Waals surface area contributed by atoms with Crippen LogP contribution in [0.4, 0.5) is 5.69 Å². The zero-order chi connectivity index (χ0) is 22.6. The molecular formula is C23H31ClIN5O2. The number of carbonyl (C=O) groups excluding carboxylic acids is 2. The molecule has 174 valence electrons. The highest BCUT2D eigenvalue weighted by Crippen LogP contribution is 2.22. The number of rotatable bonds is 9. The predicted octanol–water partition coefficient (Wildman–Crippen LogP) is 3.75. The minimum absolute atomic E-state index is 0. The molecule has 0 heterocycles. The molecule has 0 radical (unpaired) electrons. The van der Waals surface area contributed by atoms with E-state index in [0.29, 0.717) is 41.9 Å². The van der Waals surface area contributed by atoms with Gasteiger partial charge < -0.3 is 21.3 Å². The molecule has 0 atom stereocenters. The molecule has 9 heteroatoms. The first-order valence-electron chi connectivity index (χ1n) is 10.3. The second kappa shape index (κ2) is 14.7. The summed E-state index contributed by atoms with van der Waals surface area (Å²) in [5.41, 5.74) is 3.33. The fourth-order valence-corrected chi connectivity index (χ4v) is 3.17. The van der Waals surface area contributed by atoms with Gasteiger partial charge in [0.1, 0.15) is 0 Å². The number of nitrogens with zero attached hydrogens (tertiary/aromatic N) is 1. The van der Waals surface area contributed by atoms with Crippen LogP contribution in [0.1, 0.15) is 34.8 Å². The molecule has 0 aliphatic rings. The molecule has 0 unspecified atom stereocenters. The number of hydrogen-bond donors (Lipinski definition) is 4. The summed E-state index contributed by atoms with van der Waals surface area (Å²) >= 11 is 6.16. The molecule has 0 spiro atoms. The van der Waals surface area contributed by atoms with Crippen molar-refractivity contribution in [3.8, 4) is 0 Å². The summed E-state index contributed by atoms with van der Waals surface area (Å²) in [6.07, 6.45) is 0.983. The number of aryl methyl sites for hydroxylation is 1. The standard InChI is InChI=1S/C23H30ClN5O2.HI/c1-4-26-23(27-12-10-17-6-5-7-18(15-17)22(31)25-3)28-13-11-21(30)29-20-9-8-16(2)14-19(20)24;/h5-9,14-15H,4,10-13H2,1-3H3,(H,25,31)(H,29,30)(H2,26,27,28);1H. The van der Waals surface area contributed by atoms with Crippen LogP contribution in [0.25, 0.3) is 0 Å². The fourth-order valence-electron chi connectivity index (χ4n) is 2.88. The molecule has 32 heavy (non-hydrogen) atoms. The number of halogens is 2. The maximum atomic E-state index is 12.2. The lowest BCUT2D eigenvalue weighted by Gasteiger charge is -2.12.